The highest BCUT2D eigenvalue weighted by Gasteiger charge is 2.36. The van der Waals surface area contributed by atoms with Gasteiger partial charge in [-0.25, -0.2) is 4.39 Å². The van der Waals surface area contributed by atoms with Gasteiger partial charge in [0.1, 0.15) is 16.5 Å². The number of hydrogen-bond acceptors (Lipinski definition) is 3. The molecule has 0 unspecified atom stereocenters. The number of carbonyl (C=O) groups excluding carboxylic acids is 1. The Morgan fingerprint density at radius 2 is 1.75 bits per heavy atom. The molecular formula is C26H21Cl3FN3O3. The van der Waals surface area contributed by atoms with Gasteiger partial charge >= 0.3 is 0 Å². The number of nitrogens with zero attached hydrogens (tertiary/aromatic N) is 2. The molecule has 0 saturated carbocycles. The van der Waals surface area contributed by atoms with E-state index >= 15 is 0 Å². The smallest absolute Gasteiger partial charge is 0.272 e. The van der Waals surface area contributed by atoms with Crippen molar-refractivity contribution in [2.75, 3.05) is 13.1 Å². The molecule has 1 saturated heterocycles. The number of aliphatic hydroxyl groups is 1. The first-order valence-electron chi connectivity index (χ1n) is 11.3. The van der Waals surface area contributed by atoms with Gasteiger partial charge in [-0.15, -0.1) is 0 Å². The van der Waals surface area contributed by atoms with Crippen molar-refractivity contribution in [1.82, 2.24) is 14.3 Å². The monoisotopic (exact) mass is 547 g/mol. The van der Waals surface area contributed by atoms with Gasteiger partial charge in [0.25, 0.3) is 11.5 Å². The molecule has 1 aliphatic rings. The molecule has 0 radical (unpaired) electrons. The number of halogens is 4. The standard InChI is InChI=1S/C26H21Cl3FN3O3/c27-17-4-2-16(3-5-17)26(36)7-9-32(10-8-26)25(35)19-12-15(1-6-21(19)30)11-18-14-31-24(34)22-13-20(28)23(29)33(18)22/h1-6,12-14,36H,7-11H2,(H,31,34). The SMILES string of the molecule is O=C(c1cc(Cc2c[nH]c(=O)c3cc(Cl)c(Cl)n23)ccc1F)N1CCC(O)(c2ccc(Cl)cc2)CC1. The Hall–Kier alpha value is -2.84. The van der Waals surface area contributed by atoms with Gasteiger partial charge in [0.15, 0.2) is 0 Å². The largest absolute Gasteiger partial charge is 0.385 e. The number of piperidine rings is 1. The minimum absolute atomic E-state index is 0.0539. The van der Waals surface area contributed by atoms with Crippen LogP contribution in [-0.2, 0) is 12.0 Å². The van der Waals surface area contributed by atoms with Gasteiger partial charge in [-0.05, 0) is 54.3 Å². The fraction of sp³-hybridized carbons (Fsp3) is 0.231. The molecule has 2 aromatic carbocycles. The average Bonchev–Trinajstić information content (AvgIpc) is 3.17. The van der Waals surface area contributed by atoms with Crippen molar-refractivity contribution in [2.24, 2.45) is 0 Å². The van der Waals surface area contributed by atoms with Gasteiger partial charge < -0.3 is 15.0 Å². The third kappa shape index (κ3) is 4.52. The highest BCUT2D eigenvalue weighted by Crippen LogP contribution is 2.34. The zero-order chi connectivity index (χ0) is 25.6. The van der Waals surface area contributed by atoms with Crippen LogP contribution in [0.1, 0.15) is 40.0 Å². The highest BCUT2D eigenvalue weighted by atomic mass is 35.5. The van der Waals surface area contributed by atoms with Crippen LogP contribution >= 0.6 is 34.8 Å². The van der Waals surface area contributed by atoms with E-state index in [1.54, 1.807) is 35.2 Å². The molecule has 3 heterocycles. The molecule has 10 heteroatoms. The van der Waals surface area contributed by atoms with Crippen molar-refractivity contribution in [2.45, 2.75) is 24.9 Å². The molecule has 2 N–H and O–H groups in total. The quantitative estimate of drug-likeness (QED) is 0.356. The summed E-state index contributed by atoms with van der Waals surface area (Å²) in [4.78, 5) is 29.6. The first-order valence-corrected chi connectivity index (χ1v) is 12.4. The Morgan fingerprint density at radius 1 is 1.06 bits per heavy atom. The van der Waals surface area contributed by atoms with E-state index < -0.39 is 17.3 Å². The topological polar surface area (TPSA) is 77.8 Å². The van der Waals surface area contributed by atoms with Crippen LogP contribution < -0.4 is 5.56 Å². The number of aromatic nitrogens is 2. The van der Waals surface area contributed by atoms with E-state index in [0.717, 1.165) is 5.56 Å². The Bertz CT molecular complexity index is 1520. The summed E-state index contributed by atoms with van der Waals surface area (Å²) in [5, 5.41) is 12.1. The zero-order valence-electron chi connectivity index (χ0n) is 18.9. The molecule has 4 aromatic rings. The second-order valence-corrected chi connectivity index (χ2v) is 10.1. The number of aromatic amines is 1. The number of likely N-dealkylation sites (tertiary alicyclic amines) is 1. The van der Waals surface area contributed by atoms with E-state index in [1.807, 2.05) is 0 Å². The summed E-state index contributed by atoms with van der Waals surface area (Å²) in [6.07, 6.45) is 2.44. The van der Waals surface area contributed by atoms with Crippen LogP contribution in [-0.4, -0.2) is 38.4 Å². The molecule has 186 valence electrons. The molecule has 1 aliphatic heterocycles. The number of H-pyrrole nitrogens is 1. The number of benzene rings is 2. The Morgan fingerprint density at radius 3 is 2.44 bits per heavy atom. The predicted molar refractivity (Wildman–Crippen MR) is 138 cm³/mol. The molecule has 0 spiro atoms. The van der Waals surface area contributed by atoms with E-state index in [2.05, 4.69) is 4.98 Å². The lowest BCUT2D eigenvalue weighted by atomic mass is 9.84. The molecule has 0 aliphatic carbocycles. The Balaban J connectivity index is 1.37. The van der Waals surface area contributed by atoms with Gasteiger partial charge in [0.2, 0.25) is 0 Å². The fourth-order valence-electron chi connectivity index (χ4n) is 4.68. The van der Waals surface area contributed by atoms with E-state index in [9.17, 15) is 19.1 Å². The molecule has 5 rings (SSSR count). The van der Waals surface area contributed by atoms with E-state index in [-0.39, 0.29) is 40.8 Å². The van der Waals surface area contributed by atoms with Gasteiger partial charge in [-0.2, -0.15) is 0 Å². The molecule has 6 nitrogen and oxygen atoms in total. The maximum absolute atomic E-state index is 14.7. The lowest BCUT2D eigenvalue weighted by Crippen LogP contribution is -2.45. The first kappa shape index (κ1) is 24.8. The number of hydrogen-bond donors (Lipinski definition) is 2. The number of amides is 1. The molecule has 36 heavy (non-hydrogen) atoms. The van der Waals surface area contributed by atoms with Crippen molar-refractivity contribution < 1.29 is 14.3 Å². The molecule has 0 bridgehead atoms. The lowest BCUT2D eigenvalue weighted by Gasteiger charge is -2.38. The van der Waals surface area contributed by atoms with Crippen molar-refractivity contribution in [3.63, 3.8) is 0 Å². The van der Waals surface area contributed by atoms with Crippen LogP contribution in [0.3, 0.4) is 0 Å². The minimum atomic E-state index is -1.07. The van der Waals surface area contributed by atoms with Crippen molar-refractivity contribution in [1.29, 1.82) is 0 Å². The predicted octanol–water partition coefficient (Wildman–Crippen LogP) is 5.44. The van der Waals surface area contributed by atoms with Crippen LogP contribution in [0.15, 0.2) is 59.5 Å². The molecule has 0 atom stereocenters. The van der Waals surface area contributed by atoms with Gasteiger partial charge in [-0.3, -0.25) is 14.0 Å². The zero-order valence-corrected chi connectivity index (χ0v) is 21.2. The molecular weight excluding hydrogens is 528 g/mol. The normalized spacial score (nSPS) is 15.4. The maximum Gasteiger partial charge on any atom is 0.272 e. The number of carbonyl (C=O) groups is 1. The maximum atomic E-state index is 14.7. The lowest BCUT2D eigenvalue weighted by molar-refractivity contribution is -0.0212. The van der Waals surface area contributed by atoms with E-state index in [0.29, 0.717) is 34.6 Å². The van der Waals surface area contributed by atoms with Crippen LogP contribution in [0.25, 0.3) is 5.52 Å². The number of nitrogens with one attached hydrogen (secondary N) is 1. The molecule has 1 amide bonds. The summed E-state index contributed by atoms with van der Waals surface area (Å²) in [6.45, 7) is 0.555. The summed E-state index contributed by atoms with van der Waals surface area (Å²) in [6, 6.07) is 12.8. The summed E-state index contributed by atoms with van der Waals surface area (Å²) >= 11 is 18.4. The van der Waals surface area contributed by atoms with Crippen molar-refractivity contribution in [3.05, 3.63) is 108 Å². The van der Waals surface area contributed by atoms with Crippen LogP contribution in [0.4, 0.5) is 4.39 Å². The number of rotatable bonds is 4. The van der Waals surface area contributed by atoms with Crippen molar-refractivity contribution >= 4 is 46.2 Å². The summed E-state index contributed by atoms with van der Waals surface area (Å²) in [5.74, 6) is -1.07. The summed E-state index contributed by atoms with van der Waals surface area (Å²) in [5.41, 5.74) is 0.842. The van der Waals surface area contributed by atoms with Gasteiger partial charge in [-0.1, -0.05) is 53.0 Å². The first-order chi connectivity index (χ1) is 17.2. The third-order valence-corrected chi connectivity index (χ3v) is 7.70. The second-order valence-electron chi connectivity index (χ2n) is 8.93. The summed E-state index contributed by atoms with van der Waals surface area (Å²) in [7, 11) is 0. The average molecular weight is 549 g/mol. The fourth-order valence-corrected chi connectivity index (χ4v) is 5.24. The second kappa shape index (κ2) is 9.56. The van der Waals surface area contributed by atoms with Crippen LogP contribution in [0.5, 0.6) is 0 Å². The molecule has 1 fully saturated rings. The Labute approximate surface area is 220 Å². The molecule has 2 aromatic heterocycles. The van der Waals surface area contributed by atoms with Crippen molar-refractivity contribution in [3.8, 4) is 0 Å². The van der Waals surface area contributed by atoms with E-state index in [1.165, 1.54) is 28.8 Å². The van der Waals surface area contributed by atoms with Crippen LogP contribution in [0.2, 0.25) is 15.2 Å². The third-order valence-electron chi connectivity index (χ3n) is 6.69. The van der Waals surface area contributed by atoms with Crippen LogP contribution in [0, 0.1) is 5.82 Å². The minimum Gasteiger partial charge on any atom is -0.385 e. The summed E-state index contributed by atoms with van der Waals surface area (Å²) < 4.78 is 16.3. The number of fused-ring (bicyclic) bond motifs is 1. The Kier molecular flexibility index (Phi) is 6.59. The van der Waals surface area contributed by atoms with E-state index in [4.69, 9.17) is 34.8 Å². The van der Waals surface area contributed by atoms with Gasteiger partial charge in [0, 0.05) is 36.4 Å². The highest BCUT2D eigenvalue weighted by molar-refractivity contribution is 6.42. The van der Waals surface area contributed by atoms with Gasteiger partial charge in [0.05, 0.1) is 16.2 Å².